The molecule has 0 radical (unpaired) electrons. The first-order valence-electron chi connectivity index (χ1n) is 9.32. The number of anilines is 1. The zero-order valence-corrected chi connectivity index (χ0v) is 18.3. The lowest BCUT2D eigenvalue weighted by Gasteiger charge is -2.14. The molecule has 0 spiro atoms. The van der Waals surface area contributed by atoms with Crippen molar-refractivity contribution in [3.05, 3.63) is 85.3 Å². The summed E-state index contributed by atoms with van der Waals surface area (Å²) >= 11 is 7.25. The Bertz CT molecular complexity index is 1420. The van der Waals surface area contributed by atoms with E-state index >= 15 is 0 Å². The van der Waals surface area contributed by atoms with Crippen LogP contribution >= 0.6 is 22.9 Å². The molecular formula is C22H18ClN3O4S. The molecule has 4 aromatic rings. The number of fused-ring (bicyclic) bond motifs is 1. The van der Waals surface area contributed by atoms with Gasteiger partial charge in [-0.25, -0.2) is 9.36 Å². The molecule has 0 saturated heterocycles. The molecule has 31 heavy (non-hydrogen) atoms. The summed E-state index contributed by atoms with van der Waals surface area (Å²) < 4.78 is 8.04. The van der Waals surface area contributed by atoms with Crippen LogP contribution < -0.4 is 21.3 Å². The monoisotopic (exact) mass is 455 g/mol. The Hall–Kier alpha value is -3.36. The van der Waals surface area contributed by atoms with Crippen molar-refractivity contribution < 1.29 is 9.53 Å². The number of aromatic nitrogens is 2. The van der Waals surface area contributed by atoms with Gasteiger partial charge in [-0.3, -0.25) is 14.2 Å². The van der Waals surface area contributed by atoms with Gasteiger partial charge in [0.25, 0.3) is 5.56 Å². The lowest BCUT2D eigenvalue weighted by molar-refractivity contribution is -0.116. The first-order chi connectivity index (χ1) is 14.9. The van der Waals surface area contributed by atoms with E-state index in [1.54, 1.807) is 47.8 Å². The van der Waals surface area contributed by atoms with Crippen molar-refractivity contribution in [1.82, 2.24) is 9.13 Å². The van der Waals surface area contributed by atoms with Crippen molar-refractivity contribution in [3.63, 3.8) is 0 Å². The minimum absolute atomic E-state index is 0.284. The quantitative estimate of drug-likeness (QED) is 0.496. The van der Waals surface area contributed by atoms with Crippen molar-refractivity contribution >= 4 is 44.7 Å². The lowest BCUT2D eigenvalue weighted by Crippen LogP contribution is -2.40. The molecule has 2 aromatic carbocycles. The molecule has 1 N–H and O–H groups in total. The number of hydrogen-bond acceptors (Lipinski definition) is 5. The number of rotatable bonds is 5. The fourth-order valence-corrected chi connectivity index (χ4v) is 4.34. The van der Waals surface area contributed by atoms with Gasteiger partial charge >= 0.3 is 5.69 Å². The van der Waals surface area contributed by atoms with Gasteiger partial charge in [0, 0.05) is 5.02 Å². The number of benzene rings is 2. The maximum Gasteiger partial charge on any atom is 0.336 e. The van der Waals surface area contributed by atoms with Gasteiger partial charge in [0.05, 0.1) is 24.0 Å². The Morgan fingerprint density at radius 1 is 1.16 bits per heavy atom. The largest absolute Gasteiger partial charge is 0.495 e. The summed E-state index contributed by atoms with van der Waals surface area (Å²) in [6.45, 7) is 1.59. The number of aryl methyl sites for hydroxylation is 1. The zero-order chi connectivity index (χ0) is 22.1. The molecule has 158 valence electrons. The van der Waals surface area contributed by atoms with Crippen LogP contribution in [-0.2, 0) is 11.3 Å². The molecule has 4 rings (SSSR count). The van der Waals surface area contributed by atoms with Crippen molar-refractivity contribution in [1.29, 1.82) is 0 Å². The molecule has 2 aromatic heterocycles. The Labute approximate surface area is 186 Å². The third-order valence-electron chi connectivity index (χ3n) is 4.75. The highest BCUT2D eigenvalue weighted by Gasteiger charge is 2.18. The minimum Gasteiger partial charge on any atom is -0.495 e. The number of ether oxygens (including phenoxy) is 1. The third-order valence-corrected chi connectivity index (χ3v) is 5.88. The van der Waals surface area contributed by atoms with Crippen LogP contribution in [0.2, 0.25) is 5.02 Å². The highest BCUT2D eigenvalue weighted by atomic mass is 35.5. The summed E-state index contributed by atoms with van der Waals surface area (Å²) in [4.78, 5) is 39.1. The fraction of sp³-hybridized carbons (Fsp3) is 0.136. The predicted octanol–water partition coefficient (Wildman–Crippen LogP) is 3.82. The molecule has 9 heteroatoms. The lowest BCUT2D eigenvalue weighted by atomic mass is 10.2. The van der Waals surface area contributed by atoms with E-state index in [-0.39, 0.29) is 6.54 Å². The molecule has 0 bridgehead atoms. The number of carbonyl (C=O) groups is 1. The van der Waals surface area contributed by atoms with Gasteiger partial charge in [-0.15, -0.1) is 11.3 Å². The molecule has 0 unspecified atom stereocenters. The van der Waals surface area contributed by atoms with Crippen LogP contribution in [0.1, 0.15) is 5.56 Å². The Balaban J connectivity index is 1.79. The predicted molar refractivity (Wildman–Crippen MR) is 123 cm³/mol. The van der Waals surface area contributed by atoms with Crippen LogP contribution in [0, 0.1) is 6.92 Å². The Morgan fingerprint density at radius 2 is 1.97 bits per heavy atom. The summed E-state index contributed by atoms with van der Waals surface area (Å²) in [5, 5.41) is 4.88. The second-order valence-corrected chi connectivity index (χ2v) is 8.23. The van der Waals surface area contributed by atoms with Crippen LogP contribution in [0.25, 0.3) is 15.9 Å². The normalized spacial score (nSPS) is 10.9. The highest BCUT2D eigenvalue weighted by Crippen LogP contribution is 2.27. The number of hydrogen-bond donors (Lipinski definition) is 1. The van der Waals surface area contributed by atoms with E-state index in [4.69, 9.17) is 16.3 Å². The maximum atomic E-state index is 13.3. The fourth-order valence-electron chi connectivity index (χ4n) is 3.35. The van der Waals surface area contributed by atoms with Crippen LogP contribution in [-0.4, -0.2) is 22.2 Å². The number of halogens is 1. The van der Waals surface area contributed by atoms with E-state index in [0.29, 0.717) is 32.4 Å². The number of thiophene rings is 1. The summed E-state index contributed by atoms with van der Waals surface area (Å²) in [5.74, 6) is -0.0138. The van der Waals surface area contributed by atoms with Crippen molar-refractivity contribution in [2.45, 2.75) is 13.5 Å². The highest BCUT2D eigenvalue weighted by molar-refractivity contribution is 7.17. The van der Waals surface area contributed by atoms with Gasteiger partial charge in [-0.1, -0.05) is 23.7 Å². The van der Waals surface area contributed by atoms with Gasteiger partial charge in [-0.05, 0) is 54.3 Å². The minimum atomic E-state index is -0.588. The number of amides is 1. The van der Waals surface area contributed by atoms with Crippen LogP contribution in [0.5, 0.6) is 5.75 Å². The van der Waals surface area contributed by atoms with Gasteiger partial charge in [0.1, 0.15) is 17.0 Å². The summed E-state index contributed by atoms with van der Waals surface area (Å²) in [6.07, 6.45) is 0. The average molecular weight is 456 g/mol. The summed E-state index contributed by atoms with van der Waals surface area (Å²) in [5.41, 5.74) is 1.17. The topological polar surface area (TPSA) is 82.3 Å². The molecule has 1 amide bonds. The van der Waals surface area contributed by atoms with Crippen molar-refractivity contribution in [3.8, 4) is 11.4 Å². The van der Waals surface area contributed by atoms with Crippen LogP contribution in [0.4, 0.5) is 5.69 Å². The van der Waals surface area contributed by atoms with Crippen molar-refractivity contribution in [2.75, 3.05) is 12.4 Å². The molecule has 0 atom stereocenters. The second-order valence-electron chi connectivity index (χ2n) is 6.88. The molecule has 0 fully saturated rings. The van der Waals surface area contributed by atoms with Gasteiger partial charge in [0.2, 0.25) is 5.91 Å². The van der Waals surface area contributed by atoms with Crippen LogP contribution in [0.3, 0.4) is 0 Å². The summed E-state index contributed by atoms with van der Waals surface area (Å²) in [7, 11) is 1.48. The van der Waals surface area contributed by atoms with Crippen molar-refractivity contribution in [2.24, 2.45) is 0 Å². The first kappa shape index (κ1) is 20.9. The average Bonchev–Trinajstić information content (AvgIpc) is 3.22. The van der Waals surface area contributed by atoms with E-state index < -0.39 is 17.2 Å². The molecular weight excluding hydrogens is 438 g/mol. The number of carbonyl (C=O) groups excluding carboxylic acids is 1. The SMILES string of the molecule is COc1ccc(Cl)cc1NC(=O)Cn1c(=O)n(-c2cccc(C)c2)c(=O)c2sccc21. The molecule has 0 saturated carbocycles. The summed E-state index contributed by atoms with van der Waals surface area (Å²) in [6, 6.07) is 13.6. The Morgan fingerprint density at radius 3 is 2.71 bits per heavy atom. The van der Waals surface area contributed by atoms with E-state index in [0.717, 1.165) is 10.1 Å². The Kier molecular flexibility index (Phi) is 5.67. The molecule has 2 heterocycles. The van der Waals surface area contributed by atoms with E-state index in [9.17, 15) is 14.4 Å². The number of nitrogens with zero attached hydrogens (tertiary/aromatic N) is 2. The molecule has 0 aliphatic heterocycles. The van der Waals surface area contributed by atoms with Crippen LogP contribution in [0.15, 0.2) is 63.5 Å². The standard InChI is InChI=1S/C22H18ClN3O4S/c1-13-4-3-5-15(10-13)26-21(28)20-17(8-9-31-20)25(22(26)29)12-19(27)24-16-11-14(23)6-7-18(16)30-2/h3-11H,12H2,1-2H3,(H,24,27). The molecule has 0 aliphatic carbocycles. The van der Waals surface area contributed by atoms with Gasteiger partial charge in [0.15, 0.2) is 0 Å². The van der Waals surface area contributed by atoms with E-state index in [1.165, 1.54) is 23.0 Å². The van der Waals surface area contributed by atoms with E-state index in [1.807, 2.05) is 13.0 Å². The zero-order valence-electron chi connectivity index (χ0n) is 16.7. The second kappa shape index (κ2) is 8.41. The number of nitrogens with one attached hydrogen (secondary N) is 1. The molecule has 7 nitrogen and oxygen atoms in total. The van der Waals surface area contributed by atoms with E-state index in [2.05, 4.69) is 5.32 Å². The first-order valence-corrected chi connectivity index (χ1v) is 10.6. The number of methoxy groups -OCH3 is 1. The maximum absolute atomic E-state index is 13.3. The smallest absolute Gasteiger partial charge is 0.336 e. The molecule has 0 aliphatic rings. The van der Waals surface area contributed by atoms with Gasteiger partial charge in [-0.2, -0.15) is 0 Å². The third kappa shape index (κ3) is 3.99. The van der Waals surface area contributed by atoms with Gasteiger partial charge < -0.3 is 10.1 Å².